The zero-order chi connectivity index (χ0) is 9.26. The van der Waals surface area contributed by atoms with E-state index in [1.165, 1.54) is 5.56 Å². The molecule has 2 heterocycles. The minimum atomic E-state index is 0.181. The van der Waals surface area contributed by atoms with Crippen molar-refractivity contribution in [3.05, 3.63) is 30.2 Å². The lowest BCUT2D eigenvalue weighted by Gasteiger charge is -2.04. The van der Waals surface area contributed by atoms with Gasteiger partial charge in [-0.25, -0.2) is 9.50 Å². The van der Waals surface area contributed by atoms with Crippen LogP contribution in [-0.2, 0) is 6.42 Å². The molecule has 0 aliphatic heterocycles. The van der Waals surface area contributed by atoms with Crippen LogP contribution in [0.1, 0.15) is 12.5 Å². The van der Waals surface area contributed by atoms with Gasteiger partial charge in [-0.1, -0.05) is 6.07 Å². The van der Waals surface area contributed by atoms with Crippen LogP contribution in [0.3, 0.4) is 0 Å². The van der Waals surface area contributed by atoms with Gasteiger partial charge in [0.1, 0.15) is 6.33 Å². The highest BCUT2D eigenvalue weighted by Crippen LogP contribution is 2.04. The van der Waals surface area contributed by atoms with Crippen LogP contribution < -0.4 is 5.73 Å². The Morgan fingerprint density at radius 2 is 2.38 bits per heavy atom. The number of rotatable bonds is 2. The predicted octanol–water partition coefficient (Wildman–Crippen LogP) is 0.619. The third-order valence-corrected chi connectivity index (χ3v) is 1.89. The van der Waals surface area contributed by atoms with E-state index in [4.69, 9.17) is 5.73 Å². The normalized spacial score (nSPS) is 13.4. The van der Waals surface area contributed by atoms with Crippen molar-refractivity contribution in [2.45, 2.75) is 19.4 Å². The first-order chi connectivity index (χ1) is 6.25. The van der Waals surface area contributed by atoms with Crippen molar-refractivity contribution in [3.8, 4) is 0 Å². The van der Waals surface area contributed by atoms with Crippen molar-refractivity contribution in [2.24, 2.45) is 5.73 Å². The Labute approximate surface area is 76.4 Å². The van der Waals surface area contributed by atoms with Gasteiger partial charge in [0, 0.05) is 12.2 Å². The average Bonchev–Trinajstić information content (AvgIpc) is 2.49. The van der Waals surface area contributed by atoms with Gasteiger partial charge >= 0.3 is 0 Å². The van der Waals surface area contributed by atoms with Crippen LogP contribution >= 0.6 is 0 Å². The number of nitrogens with zero attached hydrogens (tertiary/aromatic N) is 3. The molecule has 2 aromatic heterocycles. The Hall–Kier alpha value is -1.42. The van der Waals surface area contributed by atoms with Crippen molar-refractivity contribution < 1.29 is 0 Å². The summed E-state index contributed by atoms with van der Waals surface area (Å²) in [7, 11) is 0. The van der Waals surface area contributed by atoms with Crippen molar-refractivity contribution >= 4 is 5.65 Å². The van der Waals surface area contributed by atoms with Crippen molar-refractivity contribution in [2.75, 3.05) is 0 Å². The third-order valence-electron chi connectivity index (χ3n) is 1.89. The van der Waals surface area contributed by atoms with Crippen LogP contribution in [0.15, 0.2) is 24.7 Å². The highest BCUT2D eigenvalue weighted by molar-refractivity contribution is 5.37. The minimum Gasteiger partial charge on any atom is -0.328 e. The summed E-state index contributed by atoms with van der Waals surface area (Å²) in [5.41, 5.74) is 7.76. The summed E-state index contributed by atoms with van der Waals surface area (Å²) in [6, 6.07) is 4.17. The first-order valence-electron chi connectivity index (χ1n) is 4.29. The molecule has 2 rings (SSSR count). The largest absolute Gasteiger partial charge is 0.328 e. The highest BCUT2D eigenvalue weighted by atomic mass is 15.3. The molecule has 13 heavy (non-hydrogen) atoms. The fraction of sp³-hybridized carbons (Fsp3) is 0.333. The lowest BCUT2D eigenvalue weighted by atomic mass is 10.1. The second-order valence-corrected chi connectivity index (χ2v) is 3.28. The van der Waals surface area contributed by atoms with Gasteiger partial charge in [0.25, 0.3) is 0 Å². The Balaban J connectivity index is 2.37. The van der Waals surface area contributed by atoms with Crippen molar-refractivity contribution in [3.63, 3.8) is 0 Å². The third kappa shape index (κ3) is 1.67. The summed E-state index contributed by atoms with van der Waals surface area (Å²) in [5.74, 6) is 0. The monoisotopic (exact) mass is 176 g/mol. The van der Waals surface area contributed by atoms with E-state index in [9.17, 15) is 0 Å². The smallest absolute Gasteiger partial charge is 0.155 e. The number of hydrogen-bond donors (Lipinski definition) is 1. The maximum absolute atomic E-state index is 5.70. The van der Waals surface area contributed by atoms with Gasteiger partial charge in [0.2, 0.25) is 0 Å². The first kappa shape index (κ1) is 8.19. The van der Waals surface area contributed by atoms with Gasteiger partial charge in [-0.15, -0.1) is 0 Å². The van der Waals surface area contributed by atoms with E-state index in [2.05, 4.69) is 10.1 Å². The van der Waals surface area contributed by atoms with Gasteiger partial charge in [0.15, 0.2) is 5.65 Å². The van der Waals surface area contributed by atoms with Crippen LogP contribution in [0.4, 0.5) is 0 Å². The molecular weight excluding hydrogens is 164 g/mol. The molecule has 0 spiro atoms. The Morgan fingerprint density at radius 3 is 3.15 bits per heavy atom. The second kappa shape index (κ2) is 3.14. The zero-order valence-electron chi connectivity index (χ0n) is 7.51. The Kier molecular flexibility index (Phi) is 1.98. The number of aromatic nitrogens is 3. The zero-order valence-corrected chi connectivity index (χ0v) is 7.51. The lowest BCUT2D eigenvalue weighted by molar-refractivity contribution is 0.731. The molecule has 0 aliphatic rings. The van der Waals surface area contributed by atoms with Crippen LogP contribution in [0.25, 0.3) is 5.65 Å². The molecule has 1 atom stereocenters. The molecule has 4 heteroatoms. The number of nitrogens with two attached hydrogens (primary N) is 1. The van der Waals surface area contributed by atoms with Crippen LogP contribution in [0, 0.1) is 0 Å². The lowest BCUT2D eigenvalue weighted by Crippen LogP contribution is -2.17. The van der Waals surface area contributed by atoms with E-state index in [0.717, 1.165) is 12.1 Å². The molecule has 2 aromatic rings. The fourth-order valence-electron chi connectivity index (χ4n) is 1.35. The molecule has 0 aliphatic carbocycles. The van der Waals surface area contributed by atoms with E-state index in [1.807, 2.05) is 25.3 Å². The Morgan fingerprint density at radius 1 is 1.54 bits per heavy atom. The maximum atomic E-state index is 5.70. The summed E-state index contributed by atoms with van der Waals surface area (Å²) in [5, 5.41) is 4.05. The van der Waals surface area contributed by atoms with Crippen LogP contribution in [0.5, 0.6) is 0 Å². The van der Waals surface area contributed by atoms with Gasteiger partial charge in [-0.05, 0) is 25.0 Å². The van der Waals surface area contributed by atoms with E-state index in [1.54, 1.807) is 10.8 Å². The van der Waals surface area contributed by atoms with Crippen molar-refractivity contribution in [1.82, 2.24) is 14.6 Å². The summed E-state index contributed by atoms with van der Waals surface area (Å²) in [6.07, 6.45) is 4.38. The molecule has 1 unspecified atom stereocenters. The SMILES string of the molecule is CC(N)Cc1ccc2ncnn2c1. The molecular formula is C9H12N4. The molecule has 0 saturated heterocycles. The molecule has 0 aromatic carbocycles. The molecule has 0 radical (unpaired) electrons. The fourth-order valence-corrected chi connectivity index (χ4v) is 1.35. The van der Waals surface area contributed by atoms with E-state index in [0.29, 0.717) is 0 Å². The predicted molar refractivity (Wildman–Crippen MR) is 50.3 cm³/mol. The minimum absolute atomic E-state index is 0.181. The summed E-state index contributed by atoms with van der Waals surface area (Å²) < 4.78 is 1.76. The number of pyridine rings is 1. The maximum Gasteiger partial charge on any atom is 0.155 e. The summed E-state index contributed by atoms with van der Waals surface area (Å²) in [6.45, 7) is 1.99. The van der Waals surface area contributed by atoms with Crippen LogP contribution in [0.2, 0.25) is 0 Å². The van der Waals surface area contributed by atoms with Crippen LogP contribution in [-0.4, -0.2) is 20.6 Å². The molecule has 0 saturated carbocycles. The second-order valence-electron chi connectivity index (χ2n) is 3.28. The Bertz CT molecular complexity index is 405. The van der Waals surface area contributed by atoms with E-state index >= 15 is 0 Å². The topological polar surface area (TPSA) is 56.2 Å². The number of hydrogen-bond acceptors (Lipinski definition) is 3. The standard InChI is InChI=1S/C9H12N4/c1-7(10)4-8-2-3-9-11-6-12-13(9)5-8/h2-3,5-7H,4,10H2,1H3. The van der Waals surface area contributed by atoms with E-state index < -0.39 is 0 Å². The molecule has 4 nitrogen and oxygen atoms in total. The molecule has 0 fully saturated rings. The quantitative estimate of drug-likeness (QED) is 0.729. The average molecular weight is 176 g/mol. The van der Waals surface area contributed by atoms with Crippen molar-refractivity contribution in [1.29, 1.82) is 0 Å². The molecule has 0 bridgehead atoms. The molecule has 2 N–H and O–H groups in total. The molecule has 68 valence electrons. The summed E-state index contributed by atoms with van der Waals surface area (Å²) >= 11 is 0. The van der Waals surface area contributed by atoms with Gasteiger partial charge in [-0.2, -0.15) is 5.10 Å². The van der Waals surface area contributed by atoms with Gasteiger partial charge in [0.05, 0.1) is 0 Å². The summed E-state index contributed by atoms with van der Waals surface area (Å²) in [4.78, 5) is 4.06. The highest BCUT2D eigenvalue weighted by Gasteiger charge is 2.00. The number of fused-ring (bicyclic) bond motifs is 1. The van der Waals surface area contributed by atoms with E-state index in [-0.39, 0.29) is 6.04 Å². The molecule has 0 amide bonds. The first-order valence-corrected chi connectivity index (χ1v) is 4.29. The van der Waals surface area contributed by atoms with Gasteiger partial charge < -0.3 is 5.73 Å². The van der Waals surface area contributed by atoms with Gasteiger partial charge in [-0.3, -0.25) is 0 Å².